The first kappa shape index (κ1) is 7.41. The van der Waals surface area contributed by atoms with Gasteiger partial charge in [-0.2, -0.15) is 5.26 Å². The second-order valence-electron chi connectivity index (χ2n) is 1.63. The lowest BCUT2D eigenvalue weighted by atomic mass is 10.2. The first-order chi connectivity index (χ1) is 3.85. The van der Waals surface area contributed by atoms with Crippen LogP contribution in [0, 0.1) is 11.3 Å². The molecular formula is C5H11N3. The lowest BCUT2D eigenvalue weighted by molar-refractivity contribution is 0.523. The molecule has 0 saturated carbocycles. The third-order valence-corrected chi connectivity index (χ3v) is 1.07. The summed E-state index contributed by atoms with van der Waals surface area (Å²) in [5.74, 6) is 5.07. The molecule has 0 spiro atoms. The monoisotopic (exact) mass is 113 g/mol. The van der Waals surface area contributed by atoms with E-state index in [-0.39, 0.29) is 6.04 Å². The lowest BCUT2D eigenvalue weighted by Gasteiger charge is -2.06. The zero-order valence-corrected chi connectivity index (χ0v) is 5.02. The van der Waals surface area contributed by atoms with Crippen molar-refractivity contribution in [3.8, 4) is 6.07 Å². The van der Waals surface area contributed by atoms with E-state index >= 15 is 0 Å². The molecule has 8 heavy (non-hydrogen) atoms. The predicted octanol–water partition coefficient (Wildman–Crippen LogP) is 0.142. The second kappa shape index (κ2) is 4.57. The largest absolute Gasteiger partial charge is 0.271 e. The van der Waals surface area contributed by atoms with Crippen molar-refractivity contribution >= 4 is 0 Å². The smallest absolute Gasteiger partial charge is 0.0638 e. The van der Waals surface area contributed by atoms with Crippen LogP contribution in [0.25, 0.3) is 0 Å². The highest BCUT2D eigenvalue weighted by atomic mass is 15.2. The van der Waals surface area contributed by atoms with Crippen LogP contribution in [0.5, 0.6) is 0 Å². The molecule has 0 aromatic carbocycles. The van der Waals surface area contributed by atoms with E-state index in [0.29, 0.717) is 6.42 Å². The van der Waals surface area contributed by atoms with Crippen molar-refractivity contribution in [2.24, 2.45) is 5.84 Å². The predicted molar refractivity (Wildman–Crippen MR) is 31.6 cm³/mol. The number of rotatable bonds is 3. The number of nitrogens with zero attached hydrogens (tertiary/aromatic N) is 1. The van der Waals surface area contributed by atoms with E-state index in [2.05, 4.69) is 5.43 Å². The van der Waals surface area contributed by atoms with Gasteiger partial charge in [-0.3, -0.25) is 11.3 Å². The van der Waals surface area contributed by atoms with Gasteiger partial charge < -0.3 is 0 Å². The zero-order chi connectivity index (χ0) is 6.41. The molecule has 0 rings (SSSR count). The molecule has 0 aliphatic heterocycles. The molecule has 0 aliphatic carbocycles. The van der Waals surface area contributed by atoms with Gasteiger partial charge in [0.05, 0.1) is 12.5 Å². The SMILES string of the molecule is CCC(CC#N)NN. The zero-order valence-electron chi connectivity index (χ0n) is 5.02. The highest BCUT2D eigenvalue weighted by molar-refractivity contribution is 4.77. The fraction of sp³-hybridized carbons (Fsp3) is 0.800. The fourth-order valence-corrected chi connectivity index (χ4v) is 0.431. The first-order valence-corrected chi connectivity index (χ1v) is 2.68. The maximum Gasteiger partial charge on any atom is 0.0638 e. The van der Waals surface area contributed by atoms with E-state index in [4.69, 9.17) is 11.1 Å². The summed E-state index contributed by atoms with van der Waals surface area (Å²) in [5, 5.41) is 8.15. The summed E-state index contributed by atoms with van der Waals surface area (Å²) >= 11 is 0. The topological polar surface area (TPSA) is 61.8 Å². The summed E-state index contributed by atoms with van der Waals surface area (Å²) in [6, 6.07) is 2.19. The van der Waals surface area contributed by atoms with Gasteiger partial charge in [-0.15, -0.1) is 0 Å². The van der Waals surface area contributed by atoms with E-state index in [1.807, 2.05) is 13.0 Å². The molecule has 0 fully saturated rings. The van der Waals surface area contributed by atoms with Gasteiger partial charge in [0.1, 0.15) is 0 Å². The molecule has 1 atom stereocenters. The molecule has 3 N–H and O–H groups in total. The van der Waals surface area contributed by atoms with Crippen LogP contribution >= 0.6 is 0 Å². The Morgan fingerprint density at radius 3 is 2.62 bits per heavy atom. The van der Waals surface area contributed by atoms with Gasteiger partial charge in [0.25, 0.3) is 0 Å². The van der Waals surface area contributed by atoms with Crippen molar-refractivity contribution in [3.63, 3.8) is 0 Å². The molecule has 0 saturated heterocycles. The van der Waals surface area contributed by atoms with E-state index in [0.717, 1.165) is 6.42 Å². The summed E-state index contributed by atoms with van der Waals surface area (Å²) in [5.41, 5.74) is 2.53. The number of hydrogen-bond acceptors (Lipinski definition) is 3. The molecule has 0 aromatic rings. The molecule has 0 aliphatic rings. The summed E-state index contributed by atoms with van der Waals surface area (Å²) in [6.07, 6.45) is 1.40. The average Bonchev–Trinajstić information content (AvgIpc) is 1.83. The van der Waals surface area contributed by atoms with Crippen molar-refractivity contribution in [2.45, 2.75) is 25.8 Å². The Morgan fingerprint density at radius 1 is 1.88 bits per heavy atom. The lowest BCUT2D eigenvalue weighted by Crippen LogP contribution is -2.33. The minimum Gasteiger partial charge on any atom is -0.271 e. The van der Waals surface area contributed by atoms with Crippen LogP contribution in [-0.2, 0) is 0 Å². The third kappa shape index (κ3) is 2.56. The Morgan fingerprint density at radius 2 is 2.50 bits per heavy atom. The van der Waals surface area contributed by atoms with E-state index < -0.39 is 0 Å². The second-order valence-corrected chi connectivity index (χ2v) is 1.63. The number of nitrogens with one attached hydrogen (secondary N) is 1. The molecule has 0 amide bonds. The van der Waals surface area contributed by atoms with Crippen LogP contribution in [0.4, 0.5) is 0 Å². The van der Waals surface area contributed by atoms with Crippen LogP contribution < -0.4 is 11.3 Å². The number of hydrogen-bond donors (Lipinski definition) is 2. The molecule has 0 aromatic heterocycles. The highest BCUT2D eigenvalue weighted by Crippen LogP contribution is 1.91. The van der Waals surface area contributed by atoms with Gasteiger partial charge in [0.2, 0.25) is 0 Å². The molecule has 0 bridgehead atoms. The number of nitrogens with two attached hydrogens (primary N) is 1. The van der Waals surface area contributed by atoms with Gasteiger partial charge in [-0.25, -0.2) is 0 Å². The van der Waals surface area contributed by atoms with Crippen molar-refractivity contribution in [3.05, 3.63) is 0 Å². The van der Waals surface area contributed by atoms with Gasteiger partial charge in [0.15, 0.2) is 0 Å². The van der Waals surface area contributed by atoms with Crippen molar-refractivity contribution in [2.75, 3.05) is 0 Å². The summed E-state index contributed by atoms with van der Waals surface area (Å²) < 4.78 is 0. The quantitative estimate of drug-likeness (QED) is 0.404. The Hall–Kier alpha value is -0.590. The highest BCUT2D eigenvalue weighted by Gasteiger charge is 1.98. The molecule has 3 heteroatoms. The minimum atomic E-state index is 0.167. The van der Waals surface area contributed by atoms with Gasteiger partial charge in [-0.05, 0) is 6.42 Å². The van der Waals surface area contributed by atoms with E-state index in [9.17, 15) is 0 Å². The summed E-state index contributed by atoms with van der Waals surface area (Å²) in [7, 11) is 0. The van der Waals surface area contributed by atoms with Crippen LogP contribution in [-0.4, -0.2) is 6.04 Å². The van der Waals surface area contributed by atoms with Crippen LogP contribution in [0.15, 0.2) is 0 Å². The maximum absolute atomic E-state index is 8.15. The summed E-state index contributed by atoms with van der Waals surface area (Å²) in [6.45, 7) is 1.99. The fourth-order valence-electron chi connectivity index (χ4n) is 0.431. The van der Waals surface area contributed by atoms with Crippen molar-refractivity contribution in [1.82, 2.24) is 5.43 Å². The minimum absolute atomic E-state index is 0.167. The Bertz CT molecular complexity index is 80.2. The van der Waals surface area contributed by atoms with Crippen molar-refractivity contribution in [1.29, 1.82) is 5.26 Å². The van der Waals surface area contributed by atoms with Gasteiger partial charge >= 0.3 is 0 Å². The van der Waals surface area contributed by atoms with Gasteiger partial charge in [-0.1, -0.05) is 6.92 Å². The molecule has 0 radical (unpaired) electrons. The molecule has 0 heterocycles. The first-order valence-electron chi connectivity index (χ1n) is 2.68. The van der Waals surface area contributed by atoms with Crippen LogP contribution in [0.1, 0.15) is 19.8 Å². The number of hydrazine groups is 1. The standard InChI is InChI=1S/C5H11N3/c1-2-5(8-7)3-4-6/h5,8H,2-3,7H2,1H3. The van der Waals surface area contributed by atoms with E-state index in [1.54, 1.807) is 0 Å². The van der Waals surface area contributed by atoms with E-state index in [1.165, 1.54) is 0 Å². The third-order valence-electron chi connectivity index (χ3n) is 1.07. The van der Waals surface area contributed by atoms with Gasteiger partial charge in [0, 0.05) is 6.04 Å². The van der Waals surface area contributed by atoms with Crippen LogP contribution in [0.2, 0.25) is 0 Å². The maximum atomic E-state index is 8.15. The normalized spacial score (nSPS) is 12.6. The molecule has 1 unspecified atom stereocenters. The summed E-state index contributed by atoms with van der Waals surface area (Å²) in [4.78, 5) is 0. The molecular weight excluding hydrogens is 102 g/mol. The average molecular weight is 113 g/mol. The number of nitriles is 1. The molecule has 46 valence electrons. The molecule has 3 nitrogen and oxygen atoms in total. The van der Waals surface area contributed by atoms with Crippen molar-refractivity contribution < 1.29 is 0 Å². The van der Waals surface area contributed by atoms with Crippen LogP contribution in [0.3, 0.4) is 0 Å². The Labute approximate surface area is 49.5 Å². The Balaban J connectivity index is 3.25. The Kier molecular flexibility index (Phi) is 4.23.